The minimum absolute atomic E-state index is 0.0278. The third-order valence-corrected chi connectivity index (χ3v) is 4.71. The Morgan fingerprint density at radius 2 is 1.96 bits per heavy atom. The first-order valence-electron chi connectivity index (χ1n) is 8.78. The van der Waals surface area contributed by atoms with Gasteiger partial charge in [-0.05, 0) is 48.6 Å². The van der Waals surface area contributed by atoms with E-state index in [2.05, 4.69) is 17.2 Å². The second-order valence-corrected chi connectivity index (χ2v) is 6.61. The monoisotopic (exact) mass is 339 g/mol. The molecule has 5 nitrogen and oxygen atoms in total. The molecule has 5 heteroatoms. The number of pyridine rings is 1. The zero-order valence-corrected chi connectivity index (χ0v) is 14.9. The summed E-state index contributed by atoms with van der Waals surface area (Å²) >= 11 is 0. The number of nitrogens with zero attached hydrogens (tertiary/aromatic N) is 2. The molecule has 1 aliphatic rings. The summed E-state index contributed by atoms with van der Waals surface area (Å²) in [7, 11) is 1.66. The highest BCUT2D eigenvalue weighted by molar-refractivity contribution is 5.93. The summed E-state index contributed by atoms with van der Waals surface area (Å²) in [6.45, 7) is 4.57. The average molecular weight is 339 g/mol. The highest BCUT2D eigenvalue weighted by Gasteiger charge is 2.22. The number of aromatic nitrogens is 1. The van der Waals surface area contributed by atoms with Crippen molar-refractivity contribution in [2.75, 3.05) is 25.5 Å². The maximum atomic E-state index is 12.6. The maximum Gasteiger partial charge on any atom is 0.272 e. The summed E-state index contributed by atoms with van der Waals surface area (Å²) in [5, 5.41) is 3.35. The van der Waals surface area contributed by atoms with Crippen molar-refractivity contribution in [1.29, 1.82) is 0 Å². The van der Waals surface area contributed by atoms with Crippen molar-refractivity contribution in [2.24, 2.45) is 5.92 Å². The quantitative estimate of drug-likeness (QED) is 0.905. The Balaban J connectivity index is 1.61. The second-order valence-electron chi connectivity index (χ2n) is 6.61. The number of carbonyl (C=O) groups excluding carboxylic acids is 1. The molecule has 1 N–H and O–H groups in total. The summed E-state index contributed by atoms with van der Waals surface area (Å²) in [4.78, 5) is 18.8. The van der Waals surface area contributed by atoms with E-state index in [0.717, 1.165) is 42.9 Å². The van der Waals surface area contributed by atoms with Gasteiger partial charge in [-0.1, -0.05) is 19.1 Å². The topological polar surface area (TPSA) is 54.5 Å². The molecule has 0 radical (unpaired) electrons. The molecule has 0 atom stereocenters. The zero-order valence-electron chi connectivity index (χ0n) is 14.9. The summed E-state index contributed by atoms with van der Waals surface area (Å²) in [5.74, 6) is 1.57. The van der Waals surface area contributed by atoms with Crippen LogP contribution in [-0.4, -0.2) is 36.0 Å². The molecule has 0 spiro atoms. The van der Waals surface area contributed by atoms with Crippen molar-refractivity contribution in [3.05, 3.63) is 53.9 Å². The molecule has 25 heavy (non-hydrogen) atoms. The van der Waals surface area contributed by atoms with Crippen molar-refractivity contribution in [2.45, 2.75) is 26.3 Å². The van der Waals surface area contributed by atoms with Gasteiger partial charge in [0.15, 0.2) is 0 Å². The van der Waals surface area contributed by atoms with Crippen LogP contribution in [0.1, 0.15) is 35.8 Å². The fourth-order valence-corrected chi connectivity index (χ4v) is 2.98. The summed E-state index contributed by atoms with van der Waals surface area (Å²) in [6.07, 6.45) is 3.83. The van der Waals surface area contributed by atoms with Gasteiger partial charge in [-0.15, -0.1) is 0 Å². The zero-order chi connectivity index (χ0) is 17.6. The van der Waals surface area contributed by atoms with Crippen LogP contribution in [0.4, 0.5) is 5.69 Å². The van der Waals surface area contributed by atoms with E-state index < -0.39 is 0 Å². The highest BCUT2D eigenvalue weighted by atomic mass is 16.5. The molecule has 1 fully saturated rings. The smallest absolute Gasteiger partial charge is 0.272 e. The molecule has 1 aliphatic heterocycles. The number of benzene rings is 1. The van der Waals surface area contributed by atoms with Crippen LogP contribution in [-0.2, 0) is 6.54 Å². The van der Waals surface area contributed by atoms with Crippen LogP contribution in [0.2, 0.25) is 0 Å². The van der Waals surface area contributed by atoms with E-state index in [9.17, 15) is 4.79 Å². The van der Waals surface area contributed by atoms with Gasteiger partial charge in [-0.25, -0.2) is 0 Å². The number of carbonyl (C=O) groups is 1. The normalized spacial score (nSPS) is 15.0. The summed E-state index contributed by atoms with van der Waals surface area (Å²) < 4.78 is 5.17. The number of likely N-dealkylation sites (tertiary alicyclic amines) is 1. The van der Waals surface area contributed by atoms with Crippen LogP contribution in [0.15, 0.2) is 42.6 Å². The van der Waals surface area contributed by atoms with E-state index in [4.69, 9.17) is 4.74 Å². The van der Waals surface area contributed by atoms with Gasteiger partial charge in [0.25, 0.3) is 5.91 Å². The number of amides is 1. The van der Waals surface area contributed by atoms with E-state index >= 15 is 0 Å². The van der Waals surface area contributed by atoms with Crippen LogP contribution >= 0.6 is 0 Å². The fraction of sp³-hybridized carbons (Fsp3) is 0.400. The Bertz CT molecular complexity index is 707. The molecule has 1 amide bonds. The van der Waals surface area contributed by atoms with Crippen molar-refractivity contribution < 1.29 is 9.53 Å². The number of rotatable bonds is 5. The molecular formula is C20H25N3O2. The number of ether oxygens (including phenoxy) is 1. The predicted molar refractivity (Wildman–Crippen MR) is 98.9 cm³/mol. The Morgan fingerprint density at radius 3 is 2.64 bits per heavy atom. The SMILES string of the molecule is COc1ccc(CNc2ccnc(C(=O)N3CCC(C)CC3)c2)cc1. The number of methoxy groups -OCH3 is 1. The molecule has 3 rings (SSSR count). The van der Waals surface area contributed by atoms with Crippen molar-refractivity contribution >= 4 is 11.6 Å². The van der Waals surface area contributed by atoms with E-state index in [1.165, 1.54) is 0 Å². The first-order chi connectivity index (χ1) is 12.2. The lowest BCUT2D eigenvalue weighted by atomic mass is 9.99. The standard InChI is InChI=1S/C20H25N3O2/c1-15-8-11-23(12-9-15)20(24)19-13-17(7-10-21-19)22-14-16-3-5-18(25-2)6-4-16/h3-7,10,13,15H,8-9,11-12,14H2,1-2H3,(H,21,22). The van der Waals surface area contributed by atoms with Crippen LogP contribution in [0.3, 0.4) is 0 Å². The van der Waals surface area contributed by atoms with Gasteiger partial charge < -0.3 is 15.0 Å². The average Bonchev–Trinajstić information content (AvgIpc) is 2.67. The molecule has 2 aromatic rings. The molecule has 2 heterocycles. The molecule has 1 aromatic heterocycles. The molecule has 0 bridgehead atoms. The number of anilines is 1. The summed E-state index contributed by atoms with van der Waals surface area (Å²) in [5.41, 5.74) is 2.56. The summed E-state index contributed by atoms with van der Waals surface area (Å²) in [6, 6.07) is 11.6. The van der Waals surface area contributed by atoms with Crippen molar-refractivity contribution in [3.8, 4) is 5.75 Å². The van der Waals surface area contributed by atoms with Gasteiger partial charge in [0.05, 0.1) is 7.11 Å². The number of nitrogens with one attached hydrogen (secondary N) is 1. The Morgan fingerprint density at radius 1 is 1.24 bits per heavy atom. The first-order valence-corrected chi connectivity index (χ1v) is 8.78. The van der Waals surface area contributed by atoms with Gasteiger partial charge >= 0.3 is 0 Å². The van der Waals surface area contributed by atoms with Crippen LogP contribution in [0.5, 0.6) is 5.75 Å². The highest BCUT2D eigenvalue weighted by Crippen LogP contribution is 2.19. The van der Waals surface area contributed by atoms with Gasteiger partial charge in [0.2, 0.25) is 0 Å². The molecule has 1 aromatic carbocycles. The lowest BCUT2D eigenvalue weighted by molar-refractivity contribution is 0.0691. The largest absolute Gasteiger partial charge is 0.497 e. The molecule has 0 aliphatic carbocycles. The van der Waals surface area contributed by atoms with E-state index in [1.807, 2.05) is 41.3 Å². The molecule has 132 valence electrons. The van der Waals surface area contributed by atoms with Crippen LogP contribution in [0, 0.1) is 5.92 Å². The third-order valence-electron chi connectivity index (χ3n) is 4.71. The number of piperidine rings is 1. The minimum atomic E-state index is 0.0278. The van der Waals surface area contributed by atoms with Gasteiger partial charge in [-0.2, -0.15) is 0 Å². The minimum Gasteiger partial charge on any atom is -0.497 e. The van der Waals surface area contributed by atoms with E-state index in [0.29, 0.717) is 18.2 Å². The Labute approximate surface area is 149 Å². The van der Waals surface area contributed by atoms with Gasteiger partial charge in [0.1, 0.15) is 11.4 Å². The second kappa shape index (κ2) is 8.01. The van der Waals surface area contributed by atoms with Crippen molar-refractivity contribution in [1.82, 2.24) is 9.88 Å². The van der Waals surface area contributed by atoms with Gasteiger partial charge in [-0.3, -0.25) is 9.78 Å². The Kier molecular flexibility index (Phi) is 5.53. The third kappa shape index (κ3) is 4.50. The fourth-order valence-electron chi connectivity index (χ4n) is 2.98. The van der Waals surface area contributed by atoms with Crippen LogP contribution < -0.4 is 10.1 Å². The molecule has 0 unspecified atom stereocenters. The van der Waals surface area contributed by atoms with E-state index in [1.54, 1.807) is 13.3 Å². The molecule has 0 saturated carbocycles. The lowest BCUT2D eigenvalue weighted by Crippen LogP contribution is -2.38. The number of hydrogen-bond donors (Lipinski definition) is 1. The Hall–Kier alpha value is -2.56. The molecule has 1 saturated heterocycles. The van der Waals surface area contributed by atoms with Crippen LogP contribution in [0.25, 0.3) is 0 Å². The lowest BCUT2D eigenvalue weighted by Gasteiger charge is -2.30. The van der Waals surface area contributed by atoms with Crippen molar-refractivity contribution in [3.63, 3.8) is 0 Å². The maximum absolute atomic E-state index is 12.6. The van der Waals surface area contributed by atoms with E-state index in [-0.39, 0.29) is 5.91 Å². The number of hydrogen-bond acceptors (Lipinski definition) is 4. The first kappa shape index (κ1) is 17.3. The molecular weight excluding hydrogens is 314 g/mol. The van der Waals surface area contributed by atoms with Gasteiger partial charge in [0, 0.05) is 31.5 Å². The predicted octanol–water partition coefficient (Wildman–Crippen LogP) is 3.57.